The van der Waals surface area contributed by atoms with E-state index in [9.17, 15) is 13.2 Å². The maximum absolute atomic E-state index is 11.2. The second-order valence-electron chi connectivity index (χ2n) is 3.18. The number of carbonyl (C=O) groups is 1. The second-order valence-corrected chi connectivity index (χ2v) is 5.48. The van der Waals surface area contributed by atoms with Gasteiger partial charge in [-0.2, -0.15) is 0 Å². The van der Waals surface area contributed by atoms with Gasteiger partial charge in [-0.05, 0) is 12.8 Å². The molecular formula is C8H16O4S. The maximum Gasteiger partial charge on any atom is 0.306 e. The Balaban J connectivity index is 3.95. The molecule has 1 unspecified atom stereocenters. The van der Waals surface area contributed by atoms with Crippen molar-refractivity contribution in [2.24, 2.45) is 5.92 Å². The van der Waals surface area contributed by atoms with Gasteiger partial charge in [0.1, 0.15) is 9.84 Å². The number of rotatable bonds is 6. The topological polar surface area (TPSA) is 71.4 Å². The molecule has 0 rings (SSSR count). The van der Waals surface area contributed by atoms with E-state index in [2.05, 4.69) is 0 Å². The van der Waals surface area contributed by atoms with Crippen LogP contribution in [0.25, 0.3) is 0 Å². The Hall–Kier alpha value is -0.580. The Kier molecular flexibility index (Phi) is 4.98. The van der Waals surface area contributed by atoms with Crippen molar-refractivity contribution in [3.8, 4) is 0 Å². The van der Waals surface area contributed by atoms with Crippen LogP contribution in [0, 0.1) is 5.92 Å². The highest BCUT2D eigenvalue weighted by Crippen LogP contribution is 2.05. The first-order chi connectivity index (χ1) is 5.89. The summed E-state index contributed by atoms with van der Waals surface area (Å²) in [6.07, 6.45) is 0.793. The molecule has 0 heterocycles. The lowest BCUT2D eigenvalue weighted by molar-refractivity contribution is -0.141. The molecule has 0 amide bonds. The predicted octanol–water partition coefficient (Wildman–Crippen LogP) is 0.922. The summed E-state index contributed by atoms with van der Waals surface area (Å²) in [4.78, 5) is 10.4. The van der Waals surface area contributed by atoms with Gasteiger partial charge in [0.15, 0.2) is 0 Å². The van der Waals surface area contributed by atoms with E-state index in [1.807, 2.05) is 0 Å². The summed E-state index contributed by atoms with van der Waals surface area (Å²) in [6, 6.07) is 0. The Bertz CT molecular complexity index is 255. The van der Waals surface area contributed by atoms with Crippen LogP contribution in [0.3, 0.4) is 0 Å². The van der Waals surface area contributed by atoms with Gasteiger partial charge in [-0.3, -0.25) is 4.79 Å². The summed E-state index contributed by atoms with van der Waals surface area (Å²) >= 11 is 0. The van der Waals surface area contributed by atoms with Crippen LogP contribution in [0.15, 0.2) is 0 Å². The van der Waals surface area contributed by atoms with Crippen molar-refractivity contribution in [1.29, 1.82) is 0 Å². The molecule has 4 nitrogen and oxygen atoms in total. The summed E-state index contributed by atoms with van der Waals surface area (Å²) in [6.45, 7) is 3.31. The maximum atomic E-state index is 11.2. The first kappa shape index (κ1) is 12.4. The molecule has 0 spiro atoms. The number of hydrogen-bond acceptors (Lipinski definition) is 3. The van der Waals surface area contributed by atoms with Gasteiger partial charge in [0, 0.05) is 5.75 Å². The molecule has 0 aliphatic rings. The minimum absolute atomic E-state index is 0.0195. The standard InChI is InChI=1S/C8H16O4S/c1-3-5-13(11,12)6-4-7(2)8(9)10/h7H,3-6H2,1-2H3,(H,9,10). The molecule has 1 atom stereocenters. The van der Waals surface area contributed by atoms with Gasteiger partial charge >= 0.3 is 5.97 Å². The molecule has 0 aromatic heterocycles. The van der Waals surface area contributed by atoms with E-state index in [1.165, 1.54) is 6.92 Å². The Morgan fingerprint density at radius 2 is 1.92 bits per heavy atom. The number of carboxylic acid groups (broad SMARTS) is 1. The number of hydrogen-bond donors (Lipinski definition) is 1. The quantitative estimate of drug-likeness (QED) is 0.704. The third-order valence-corrected chi connectivity index (χ3v) is 3.69. The van der Waals surface area contributed by atoms with Gasteiger partial charge in [0.25, 0.3) is 0 Å². The van der Waals surface area contributed by atoms with Crippen LogP contribution in [-0.4, -0.2) is 31.0 Å². The molecule has 5 heteroatoms. The molecule has 78 valence electrons. The molecule has 0 aliphatic carbocycles. The van der Waals surface area contributed by atoms with Gasteiger partial charge < -0.3 is 5.11 Å². The zero-order valence-electron chi connectivity index (χ0n) is 7.99. The van der Waals surface area contributed by atoms with Crippen LogP contribution < -0.4 is 0 Å². The van der Waals surface area contributed by atoms with E-state index in [-0.39, 0.29) is 17.9 Å². The van der Waals surface area contributed by atoms with Crippen molar-refractivity contribution >= 4 is 15.8 Å². The highest BCUT2D eigenvalue weighted by molar-refractivity contribution is 7.91. The highest BCUT2D eigenvalue weighted by Gasteiger charge is 2.16. The third-order valence-electron chi connectivity index (χ3n) is 1.80. The minimum atomic E-state index is -3.02. The molecule has 0 radical (unpaired) electrons. The van der Waals surface area contributed by atoms with E-state index >= 15 is 0 Å². The number of carboxylic acids is 1. The second kappa shape index (κ2) is 5.21. The van der Waals surface area contributed by atoms with Gasteiger partial charge in [-0.25, -0.2) is 8.42 Å². The molecule has 0 bridgehead atoms. The molecule has 0 fully saturated rings. The van der Waals surface area contributed by atoms with E-state index in [1.54, 1.807) is 6.92 Å². The van der Waals surface area contributed by atoms with Crippen molar-refractivity contribution in [1.82, 2.24) is 0 Å². The molecular weight excluding hydrogens is 192 g/mol. The predicted molar refractivity (Wildman–Crippen MR) is 50.4 cm³/mol. The first-order valence-corrected chi connectivity index (χ1v) is 6.14. The lowest BCUT2D eigenvalue weighted by Gasteiger charge is -2.05. The molecule has 0 aromatic rings. The highest BCUT2D eigenvalue weighted by atomic mass is 32.2. The van der Waals surface area contributed by atoms with Crippen molar-refractivity contribution in [3.05, 3.63) is 0 Å². The van der Waals surface area contributed by atoms with Crippen molar-refractivity contribution in [3.63, 3.8) is 0 Å². The van der Waals surface area contributed by atoms with Crippen LogP contribution in [-0.2, 0) is 14.6 Å². The molecule has 0 aromatic carbocycles. The summed E-state index contributed by atoms with van der Waals surface area (Å²) < 4.78 is 22.3. The summed E-state index contributed by atoms with van der Waals surface area (Å²) in [5.74, 6) is -1.38. The van der Waals surface area contributed by atoms with Crippen LogP contribution in [0.1, 0.15) is 26.7 Å². The van der Waals surface area contributed by atoms with E-state index in [4.69, 9.17) is 5.11 Å². The van der Waals surface area contributed by atoms with Gasteiger partial charge in [0.05, 0.1) is 11.7 Å². The fourth-order valence-corrected chi connectivity index (χ4v) is 2.43. The third kappa shape index (κ3) is 5.63. The number of sulfone groups is 1. The largest absolute Gasteiger partial charge is 0.481 e. The van der Waals surface area contributed by atoms with Crippen molar-refractivity contribution < 1.29 is 18.3 Å². The molecule has 0 saturated carbocycles. The lowest BCUT2D eigenvalue weighted by atomic mass is 10.1. The average Bonchev–Trinajstić information content (AvgIpc) is 2.00. The van der Waals surface area contributed by atoms with E-state index < -0.39 is 21.7 Å². The monoisotopic (exact) mass is 208 g/mol. The van der Waals surface area contributed by atoms with Crippen molar-refractivity contribution in [2.75, 3.05) is 11.5 Å². The summed E-state index contributed by atoms with van der Waals surface area (Å²) in [5.41, 5.74) is 0. The molecule has 0 saturated heterocycles. The Labute approximate surface area is 78.9 Å². The zero-order valence-corrected chi connectivity index (χ0v) is 8.80. The molecule has 13 heavy (non-hydrogen) atoms. The minimum Gasteiger partial charge on any atom is -0.481 e. The smallest absolute Gasteiger partial charge is 0.306 e. The summed E-state index contributed by atoms with van der Waals surface area (Å²) in [5, 5.41) is 8.51. The average molecular weight is 208 g/mol. The summed E-state index contributed by atoms with van der Waals surface area (Å²) in [7, 11) is -3.02. The van der Waals surface area contributed by atoms with Crippen molar-refractivity contribution in [2.45, 2.75) is 26.7 Å². The lowest BCUT2D eigenvalue weighted by Crippen LogP contribution is -2.17. The van der Waals surface area contributed by atoms with E-state index in [0.29, 0.717) is 6.42 Å². The first-order valence-electron chi connectivity index (χ1n) is 4.32. The Morgan fingerprint density at radius 1 is 1.38 bits per heavy atom. The number of aliphatic carboxylic acids is 1. The van der Waals surface area contributed by atoms with Gasteiger partial charge in [-0.15, -0.1) is 0 Å². The molecule has 1 N–H and O–H groups in total. The van der Waals surface area contributed by atoms with Gasteiger partial charge in [0.2, 0.25) is 0 Å². The van der Waals surface area contributed by atoms with Gasteiger partial charge in [-0.1, -0.05) is 13.8 Å². The van der Waals surface area contributed by atoms with Crippen LogP contribution >= 0.6 is 0 Å². The van der Waals surface area contributed by atoms with Crippen LogP contribution in [0.5, 0.6) is 0 Å². The Morgan fingerprint density at radius 3 is 2.31 bits per heavy atom. The normalized spacial score (nSPS) is 14.0. The van der Waals surface area contributed by atoms with E-state index in [0.717, 1.165) is 0 Å². The van der Waals surface area contributed by atoms with Crippen LogP contribution in [0.2, 0.25) is 0 Å². The SMILES string of the molecule is CCCS(=O)(=O)CCC(C)C(=O)O. The van der Waals surface area contributed by atoms with Crippen LogP contribution in [0.4, 0.5) is 0 Å². The fourth-order valence-electron chi connectivity index (χ4n) is 0.893. The zero-order chi connectivity index (χ0) is 10.5. The molecule has 0 aliphatic heterocycles. The fraction of sp³-hybridized carbons (Fsp3) is 0.875.